The van der Waals surface area contributed by atoms with Crippen LogP contribution in [0.25, 0.3) is 0 Å². The van der Waals surface area contributed by atoms with Gasteiger partial charge in [-0.05, 0) is 50.5 Å². The summed E-state index contributed by atoms with van der Waals surface area (Å²) in [5.41, 5.74) is 7.28. The molecule has 0 saturated carbocycles. The van der Waals surface area contributed by atoms with Crippen molar-refractivity contribution >= 4 is 33.4 Å². The molecule has 1 aromatic carbocycles. The van der Waals surface area contributed by atoms with Crippen molar-refractivity contribution in [2.75, 3.05) is 0 Å². The zero-order valence-electron chi connectivity index (χ0n) is 11.8. The Morgan fingerprint density at radius 1 is 1.45 bits per heavy atom. The molecule has 0 bridgehead atoms. The molecular formula is C15H20BrClN2O. The molecule has 2 atom stereocenters. The average Bonchev–Trinajstić information content (AvgIpc) is 2.51. The number of halogens is 2. The predicted molar refractivity (Wildman–Crippen MR) is 85.7 cm³/mol. The Balaban J connectivity index is 2.51. The first-order valence-corrected chi connectivity index (χ1v) is 8.10. The summed E-state index contributed by atoms with van der Waals surface area (Å²) < 4.78 is 0.949. The van der Waals surface area contributed by atoms with Gasteiger partial charge >= 0.3 is 0 Å². The first kappa shape index (κ1) is 15.8. The summed E-state index contributed by atoms with van der Waals surface area (Å²) in [6.07, 6.45) is 2.24. The molecule has 1 heterocycles. The van der Waals surface area contributed by atoms with Crippen LogP contribution in [0.5, 0.6) is 0 Å². The fraction of sp³-hybridized carbons (Fsp3) is 0.533. The van der Waals surface area contributed by atoms with Gasteiger partial charge in [-0.2, -0.15) is 0 Å². The lowest BCUT2D eigenvalue weighted by molar-refractivity contribution is -0.135. The van der Waals surface area contributed by atoms with Gasteiger partial charge in [-0.1, -0.05) is 27.5 Å². The molecule has 0 radical (unpaired) electrons. The van der Waals surface area contributed by atoms with Crippen molar-refractivity contribution in [1.82, 2.24) is 4.90 Å². The van der Waals surface area contributed by atoms with Gasteiger partial charge in [0.25, 0.3) is 0 Å². The second-order valence-corrected chi connectivity index (χ2v) is 6.88. The van der Waals surface area contributed by atoms with E-state index >= 15 is 0 Å². The van der Waals surface area contributed by atoms with Crippen LogP contribution >= 0.6 is 27.5 Å². The first-order chi connectivity index (χ1) is 9.41. The van der Waals surface area contributed by atoms with E-state index in [-0.39, 0.29) is 24.0 Å². The fourth-order valence-electron chi connectivity index (χ4n) is 2.87. The lowest BCUT2D eigenvalue weighted by atomic mass is 9.95. The van der Waals surface area contributed by atoms with E-state index in [1.807, 2.05) is 36.9 Å². The van der Waals surface area contributed by atoms with Crippen LogP contribution in [0.1, 0.15) is 44.7 Å². The quantitative estimate of drug-likeness (QED) is 0.870. The molecule has 2 N–H and O–H groups in total. The van der Waals surface area contributed by atoms with Crippen LogP contribution in [0.2, 0.25) is 5.02 Å². The third-order valence-electron chi connectivity index (χ3n) is 3.75. The van der Waals surface area contributed by atoms with Gasteiger partial charge in [0.15, 0.2) is 0 Å². The van der Waals surface area contributed by atoms with Crippen molar-refractivity contribution in [3.05, 3.63) is 33.3 Å². The van der Waals surface area contributed by atoms with Crippen molar-refractivity contribution in [2.45, 2.75) is 51.2 Å². The molecule has 5 heteroatoms. The zero-order chi connectivity index (χ0) is 14.9. The van der Waals surface area contributed by atoms with E-state index < -0.39 is 0 Å². The van der Waals surface area contributed by atoms with Crippen LogP contribution in [-0.4, -0.2) is 22.9 Å². The molecule has 1 amide bonds. The number of hydrogen-bond donors (Lipinski definition) is 1. The molecule has 1 fully saturated rings. The van der Waals surface area contributed by atoms with Gasteiger partial charge in [0, 0.05) is 28.0 Å². The molecule has 1 aliphatic heterocycles. The van der Waals surface area contributed by atoms with E-state index in [1.165, 1.54) is 0 Å². The summed E-state index contributed by atoms with van der Waals surface area (Å²) in [5, 5.41) is 0.661. The molecule has 0 spiro atoms. The van der Waals surface area contributed by atoms with Gasteiger partial charge in [0.1, 0.15) is 0 Å². The highest BCUT2D eigenvalue weighted by Gasteiger charge is 2.35. The SMILES string of the molecule is CC(C)N1C(=O)CCCC(N)C1c1cc(Br)ccc1Cl. The van der Waals surface area contributed by atoms with Crippen molar-refractivity contribution < 1.29 is 4.79 Å². The lowest BCUT2D eigenvalue weighted by Crippen LogP contribution is -2.45. The fourth-order valence-corrected chi connectivity index (χ4v) is 3.48. The number of carbonyl (C=O) groups excluding carboxylic acids is 1. The van der Waals surface area contributed by atoms with Crippen molar-refractivity contribution in [3.63, 3.8) is 0 Å². The van der Waals surface area contributed by atoms with Gasteiger partial charge in [0.05, 0.1) is 6.04 Å². The molecule has 1 aromatic rings. The van der Waals surface area contributed by atoms with E-state index in [4.69, 9.17) is 17.3 Å². The van der Waals surface area contributed by atoms with Crippen molar-refractivity contribution in [2.24, 2.45) is 5.73 Å². The minimum Gasteiger partial charge on any atom is -0.332 e. The standard InChI is InChI=1S/C15H20BrClN2O/c1-9(2)19-14(20)5-3-4-13(18)15(19)11-8-10(16)6-7-12(11)17/h6-9,13,15H,3-5,18H2,1-2H3. The molecule has 0 aliphatic carbocycles. The molecule has 2 rings (SSSR count). The summed E-state index contributed by atoms with van der Waals surface area (Å²) in [5.74, 6) is 0.161. The Kier molecular flexibility index (Phi) is 5.10. The summed E-state index contributed by atoms with van der Waals surface area (Å²) in [4.78, 5) is 14.3. The van der Waals surface area contributed by atoms with E-state index in [2.05, 4.69) is 15.9 Å². The van der Waals surface area contributed by atoms with Gasteiger partial charge < -0.3 is 10.6 Å². The van der Waals surface area contributed by atoms with Crippen LogP contribution in [-0.2, 0) is 4.79 Å². The molecule has 1 aliphatic rings. The number of likely N-dealkylation sites (tertiary alicyclic amines) is 1. The highest BCUT2D eigenvalue weighted by Crippen LogP contribution is 2.36. The maximum Gasteiger partial charge on any atom is 0.223 e. The van der Waals surface area contributed by atoms with Gasteiger partial charge in [-0.15, -0.1) is 0 Å². The Morgan fingerprint density at radius 3 is 2.80 bits per heavy atom. The molecule has 1 saturated heterocycles. The third-order valence-corrected chi connectivity index (χ3v) is 4.59. The van der Waals surface area contributed by atoms with Crippen molar-refractivity contribution in [1.29, 1.82) is 0 Å². The molecule has 0 aromatic heterocycles. The Morgan fingerprint density at radius 2 is 2.15 bits per heavy atom. The number of nitrogens with two attached hydrogens (primary N) is 1. The Bertz CT molecular complexity index is 507. The average molecular weight is 360 g/mol. The molecule has 110 valence electrons. The topological polar surface area (TPSA) is 46.3 Å². The molecule has 20 heavy (non-hydrogen) atoms. The number of hydrogen-bond acceptors (Lipinski definition) is 2. The predicted octanol–water partition coefficient (Wildman–Crippen LogP) is 3.89. The van der Waals surface area contributed by atoms with Crippen LogP contribution in [0.4, 0.5) is 0 Å². The van der Waals surface area contributed by atoms with E-state index in [0.29, 0.717) is 11.4 Å². The normalized spacial score (nSPS) is 24.1. The second-order valence-electron chi connectivity index (χ2n) is 5.56. The number of nitrogens with zero attached hydrogens (tertiary/aromatic N) is 1. The minimum absolute atomic E-state index is 0.0874. The van der Waals surface area contributed by atoms with Crippen LogP contribution in [0, 0.1) is 0 Å². The zero-order valence-corrected chi connectivity index (χ0v) is 14.1. The van der Waals surface area contributed by atoms with Crippen LogP contribution in [0.15, 0.2) is 22.7 Å². The summed E-state index contributed by atoms with van der Waals surface area (Å²) in [6.45, 7) is 4.05. The second kappa shape index (κ2) is 6.46. The van der Waals surface area contributed by atoms with E-state index in [0.717, 1.165) is 22.9 Å². The Labute approximate surface area is 133 Å². The Hall–Kier alpha value is -0.580. The monoisotopic (exact) mass is 358 g/mol. The molecule has 2 unspecified atom stereocenters. The molecule has 3 nitrogen and oxygen atoms in total. The van der Waals surface area contributed by atoms with Crippen LogP contribution < -0.4 is 5.73 Å². The maximum absolute atomic E-state index is 12.4. The highest BCUT2D eigenvalue weighted by atomic mass is 79.9. The first-order valence-electron chi connectivity index (χ1n) is 6.93. The number of carbonyl (C=O) groups is 1. The van der Waals surface area contributed by atoms with Gasteiger partial charge in [-0.3, -0.25) is 4.79 Å². The van der Waals surface area contributed by atoms with Gasteiger partial charge in [-0.25, -0.2) is 0 Å². The number of benzene rings is 1. The van der Waals surface area contributed by atoms with Gasteiger partial charge in [0.2, 0.25) is 5.91 Å². The highest BCUT2D eigenvalue weighted by molar-refractivity contribution is 9.10. The van der Waals surface area contributed by atoms with E-state index in [9.17, 15) is 4.79 Å². The number of rotatable bonds is 2. The summed E-state index contributed by atoms with van der Waals surface area (Å²) in [7, 11) is 0. The summed E-state index contributed by atoms with van der Waals surface area (Å²) in [6, 6.07) is 5.58. The largest absolute Gasteiger partial charge is 0.332 e. The van der Waals surface area contributed by atoms with Crippen LogP contribution in [0.3, 0.4) is 0 Å². The number of amides is 1. The maximum atomic E-state index is 12.4. The molecular weight excluding hydrogens is 340 g/mol. The smallest absolute Gasteiger partial charge is 0.223 e. The van der Waals surface area contributed by atoms with E-state index in [1.54, 1.807) is 0 Å². The lowest BCUT2D eigenvalue weighted by Gasteiger charge is -2.37. The van der Waals surface area contributed by atoms with Crippen molar-refractivity contribution in [3.8, 4) is 0 Å². The summed E-state index contributed by atoms with van der Waals surface area (Å²) >= 11 is 9.82. The third kappa shape index (κ3) is 3.18. The minimum atomic E-state index is -0.157.